The summed E-state index contributed by atoms with van der Waals surface area (Å²) in [6.45, 7) is 2.06. The Morgan fingerprint density at radius 2 is 2.15 bits per heavy atom. The Hall–Kier alpha value is -3.27. The number of tetrazole rings is 1. The monoisotopic (exact) mass is 427 g/mol. The van der Waals surface area contributed by atoms with E-state index in [9.17, 15) is 10.0 Å². The Morgan fingerprint density at radius 3 is 2.89 bits per heavy atom. The summed E-state index contributed by atoms with van der Waals surface area (Å²) in [6.07, 6.45) is 1.53. The van der Waals surface area contributed by atoms with Crippen molar-refractivity contribution in [1.82, 2.24) is 30.6 Å². The van der Waals surface area contributed by atoms with E-state index >= 15 is 0 Å². The molecule has 10 heteroatoms. The molecule has 1 amide bonds. The largest absolute Gasteiger partial charge is 0.411 e. The van der Waals surface area contributed by atoms with Crippen LogP contribution >= 0.6 is 15.9 Å². The smallest absolute Gasteiger partial charge is 0.258 e. The highest BCUT2D eigenvalue weighted by atomic mass is 79.9. The van der Waals surface area contributed by atoms with Crippen LogP contribution in [0.2, 0.25) is 0 Å². The summed E-state index contributed by atoms with van der Waals surface area (Å²) in [7, 11) is 0. The van der Waals surface area contributed by atoms with Crippen LogP contribution in [-0.4, -0.2) is 41.7 Å². The summed E-state index contributed by atoms with van der Waals surface area (Å²) in [5, 5.41) is 28.1. The second kappa shape index (κ2) is 6.80. The number of H-pyrrole nitrogens is 1. The number of fused-ring (bicyclic) bond motifs is 1. The van der Waals surface area contributed by atoms with E-state index < -0.39 is 0 Å². The molecular weight excluding hydrogens is 414 g/mol. The third-order valence-corrected chi connectivity index (χ3v) is 4.53. The van der Waals surface area contributed by atoms with Gasteiger partial charge in [0.15, 0.2) is 5.82 Å². The quantitative estimate of drug-likeness (QED) is 0.484. The number of aromatic nitrogens is 6. The average Bonchev–Trinajstić information content (AvgIpc) is 3.28. The molecule has 0 aliphatic rings. The zero-order chi connectivity index (χ0) is 19.0. The molecule has 27 heavy (non-hydrogen) atoms. The second-order valence-corrected chi connectivity index (χ2v) is 6.93. The fourth-order valence-corrected chi connectivity index (χ4v) is 3.47. The zero-order valence-electron chi connectivity index (χ0n) is 14.2. The summed E-state index contributed by atoms with van der Waals surface area (Å²) in [5.74, 6) is 0.174. The number of carbonyl (C=O) groups is 1. The van der Waals surface area contributed by atoms with Crippen LogP contribution in [0.15, 0.2) is 47.1 Å². The van der Waals surface area contributed by atoms with E-state index in [0.29, 0.717) is 28.0 Å². The number of anilines is 1. The van der Waals surface area contributed by atoms with Crippen molar-refractivity contribution < 1.29 is 10.0 Å². The van der Waals surface area contributed by atoms with Gasteiger partial charge in [0.1, 0.15) is 5.52 Å². The lowest BCUT2D eigenvalue weighted by atomic mass is 10.1. The number of hydrogen-bond acceptors (Lipinski definition) is 6. The summed E-state index contributed by atoms with van der Waals surface area (Å²) in [4.78, 5) is 15.6. The summed E-state index contributed by atoms with van der Waals surface area (Å²) in [5.41, 5.74) is 2.67. The zero-order valence-corrected chi connectivity index (χ0v) is 15.8. The van der Waals surface area contributed by atoms with Gasteiger partial charge in [-0.1, -0.05) is 21.1 Å². The van der Waals surface area contributed by atoms with Crippen molar-refractivity contribution >= 4 is 38.4 Å². The number of nitrogens with one attached hydrogen (secondary N) is 1. The number of halogens is 1. The van der Waals surface area contributed by atoms with E-state index in [1.165, 1.54) is 6.20 Å². The van der Waals surface area contributed by atoms with Gasteiger partial charge in [-0.3, -0.25) is 4.79 Å². The highest BCUT2D eigenvalue weighted by Crippen LogP contribution is 2.25. The van der Waals surface area contributed by atoms with Crippen LogP contribution < -0.4 is 4.90 Å². The van der Waals surface area contributed by atoms with Gasteiger partial charge in [0.05, 0.1) is 12.7 Å². The summed E-state index contributed by atoms with van der Waals surface area (Å²) >= 11 is 3.43. The van der Waals surface area contributed by atoms with Gasteiger partial charge in [-0.25, -0.2) is 0 Å². The lowest BCUT2D eigenvalue weighted by Crippen LogP contribution is -2.31. The lowest BCUT2D eigenvalue weighted by molar-refractivity contribution is 0.0984. The predicted molar refractivity (Wildman–Crippen MR) is 100 cm³/mol. The van der Waals surface area contributed by atoms with Gasteiger partial charge in [-0.15, -0.1) is 20.1 Å². The molecule has 2 N–H and O–H groups in total. The molecule has 4 aromatic rings. The highest BCUT2D eigenvalue weighted by Gasteiger charge is 2.21. The van der Waals surface area contributed by atoms with Crippen LogP contribution in [0.5, 0.6) is 0 Å². The van der Waals surface area contributed by atoms with Gasteiger partial charge in [-0.05, 0) is 48.9 Å². The minimum atomic E-state index is -0.208. The van der Waals surface area contributed by atoms with Crippen molar-refractivity contribution in [3.05, 3.63) is 64.0 Å². The van der Waals surface area contributed by atoms with E-state index in [0.717, 1.165) is 14.9 Å². The molecule has 2 heterocycles. The second-order valence-electron chi connectivity index (χ2n) is 6.01. The maximum absolute atomic E-state index is 13.3. The van der Waals surface area contributed by atoms with Gasteiger partial charge in [0.2, 0.25) is 0 Å². The number of nitrogens with zero attached hydrogens (tertiary/aromatic N) is 6. The Labute approximate surface area is 161 Å². The third-order valence-electron chi connectivity index (χ3n) is 4.07. The number of benzene rings is 2. The highest BCUT2D eigenvalue weighted by molar-refractivity contribution is 9.10. The maximum atomic E-state index is 13.3. The van der Waals surface area contributed by atoms with E-state index in [4.69, 9.17) is 0 Å². The van der Waals surface area contributed by atoms with E-state index in [1.807, 2.05) is 19.1 Å². The molecular formula is C17H14BrN7O2. The molecule has 0 aliphatic heterocycles. The van der Waals surface area contributed by atoms with Crippen LogP contribution in [0.25, 0.3) is 10.9 Å². The normalized spacial score (nSPS) is 11.0. The van der Waals surface area contributed by atoms with Gasteiger partial charge >= 0.3 is 0 Å². The van der Waals surface area contributed by atoms with Crippen LogP contribution in [0.1, 0.15) is 21.7 Å². The van der Waals surface area contributed by atoms with Gasteiger partial charge in [0, 0.05) is 21.1 Å². The molecule has 0 spiro atoms. The Kier molecular flexibility index (Phi) is 4.32. The van der Waals surface area contributed by atoms with Gasteiger partial charge in [-0.2, -0.15) is 5.21 Å². The SMILES string of the molecule is Cc1cc(Br)cc(C(=O)N(Cc2nn[nH]n2)c2ccc3c(cnn3O)c2)c1. The topological polar surface area (TPSA) is 113 Å². The molecule has 136 valence electrons. The lowest BCUT2D eigenvalue weighted by Gasteiger charge is -2.22. The van der Waals surface area contributed by atoms with Crippen molar-refractivity contribution in [2.45, 2.75) is 13.5 Å². The van der Waals surface area contributed by atoms with E-state index in [2.05, 4.69) is 41.7 Å². The average molecular weight is 428 g/mol. The van der Waals surface area contributed by atoms with Crippen LogP contribution in [0.4, 0.5) is 5.69 Å². The predicted octanol–water partition coefficient (Wildman–Crippen LogP) is 2.70. The maximum Gasteiger partial charge on any atom is 0.258 e. The Bertz CT molecular complexity index is 1100. The molecule has 0 aliphatic carbocycles. The number of aromatic amines is 1. The molecule has 2 aromatic heterocycles. The molecule has 0 saturated carbocycles. The minimum Gasteiger partial charge on any atom is -0.411 e. The van der Waals surface area contributed by atoms with E-state index in [1.54, 1.807) is 29.2 Å². The summed E-state index contributed by atoms with van der Waals surface area (Å²) in [6, 6.07) is 10.7. The summed E-state index contributed by atoms with van der Waals surface area (Å²) < 4.78 is 0.822. The molecule has 0 bridgehead atoms. The molecule has 2 aromatic carbocycles. The molecule has 4 rings (SSSR count). The van der Waals surface area contributed by atoms with Crippen LogP contribution in [-0.2, 0) is 6.54 Å². The number of amides is 1. The Balaban J connectivity index is 1.78. The number of carbonyl (C=O) groups excluding carboxylic acids is 1. The van der Waals surface area contributed by atoms with Crippen molar-refractivity contribution in [2.24, 2.45) is 0 Å². The van der Waals surface area contributed by atoms with Crippen molar-refractivity contribution in [2.75, 3.05) is 4.90 Å². The molecule has 0 saturated heterocycles. The van der Waals surface area contributed by atoms with Crippen LogP contribution in [0, 0.1) is 6.92 Å². The first-order valence-electron chi connectivity index (χ1n) is 8.00. The fourth-order valence-electron chi connectivity index (χ4n) is 2.86. The minimum absolute atomic E-state index is 0.139. The first-order valence-corrected chi connectivity index (χ1v) is 8.79. The first-order chi connectivity index (χ1) is 13.0. The van der Waals surface area contributed by atoms with Crippen LogP contribution in [0.3, 0.4) is 0 Å². The molecule has 9 nitrogen and oxygen atoms in total. The van der Waals surface area contributed by atoms with E-state index in [-0.39, 0.29) is 12.5 Å². The molecule has 0 radical (unpaired) electrons. The molecule has 0 unspecified atom stereocenters. The Morgan fingerprint density at radius 1 is 1.30 bits per heavy atom. The van der Waals surface area contributed by atoms with Gasteiger partial charge in [0.25, 0.3) is 5.91 Å². The standard InChI is InChI=1S/C17H14BrN7O2/c1-10-4-11(6-13(18)5-10)17(26)24(9-16-20-22-23-21-16)14-2-3-15-12(7-14)8-19-25(15)27/h2-8,27H,9H2,1H3,(H,20,21,22,23). The number of aryl methyl sites for hydroxylation is 1. The van der Waals surface area contributed by atoms with Crippen molar-refractivity contribution in [1.29, 1.82) is 0 Å². The fraction of sp³-hybridized carbons (Fsp3) is 0.118. The molecule has 0 atom stereocenters. The van der Waals surface area contributed by atoms with Crippen molar-refractivity contribution in [3.63, 3.8) is 0 Å². The van der Waals surface area contributed by atoms with Gasteiger partial charge < -0.3 is 10.1 Å². The van der Waals surface area contributed by atoms with Crippen molar-refractivity contribution in [3.8, 4) is 0 Å². The number of rotatable bonds is 4. The number of hydrogen-bond donors (Lipinski definition) is 2. The first kappa shape index (κ1) is 17.2. The molecule has 0 fully saturated rings. The third kappa shape index (κ3) is 3.38.